The molecule has 29 heavy (non-hydrogen) atoms. The third kappa shape index (κ3) is 4.98. The molecule has 0 atom stereocenters. The number of nitrogens with one attached hydrogen (secondary N) is 1. The molecular formula is C20H26N4O5. The molecule has 1 aromatic rings. The number of imide groups is 2. The van der Waals surface area contributed by atoms with E-state index in [-0.39, 0.29) is 12.5 Å². The molecule has 0 aromatic heterocycles. The summed E-state index contributed by atoms with van der Waals surface area (Å²) in [7, 11) is 0. The van der Waals surface area contributed by atoms with Gasteiger partial charge in [0.25, 0.3) is 5.91 Å². The predicted molar refractivity (Wildman–Crippen MR) is 106 cm³/mol. The summed E-state index contributed by atoms with van der Waals surface area (Å²) in [6.45, 7) is 6.49. The third-order valence-electron chi connectivity index (χ3n) is 4.64. The van der Waals surface area contributed by atoms with E-state index in [0.717, 1.165) is 11.3 Å². The van der Waals surface area contributed by atoms with Crippen molar-refractivity contribution in [3.05, 3.63) is 29.8 Å². The number of benzene rings is 1. The minimum Gasteiger partial charge on any atom is -0.339 e. The van der Waals surface area contributed by atoms with Gasteiger partial charge in [-0.2, -0.15) is 0 Å². The summed E-state index contributed by atoms with van der Waals surface area (Å²) in [6, 6.07) is 5.56. The van der Waals surface area contributed by atoms with Gasteiger partial charge in [0.15, 0.2) is 0 Å². The van der Waals surface area contributed by atoms with Crippen LogP contribution in [0.3, 0.4) is 0 Å². The SMILES string of the molecule is CCCCN1C(=O)C(=O)N(CC(=O)Nc2ccc(C(=O)N(CC)CC)cc2)C1=O. The number of rotatable bonds is 9. The van der Waals surface area contributed by atoms with Crippen LogP contribution in [-0.2, 0) is 14.4 Å². The van der Waals surface area contributed by atoms with Crippen molar-refractivity contribution < 1.29 is 24.0 Å². The van der Waals surface area contributed by atoms with Crippen molar-refractivity contribution in [3.8, 4) is 0 Å². The highest BCUT2D eigenvalue weighted by atomic mass is 16.2. The van der Waals surface area contributed by atoms with Gasteiger partial charge in [-0.05, 0) is 44.5 Å². The van der Waals surface area contributed by atoms with E-state index in [9.17, 15) is 24.0 Å². The first-order chi connectivity index (χ1) is 13.8. The van der Waals surface area contributed by atoms with Crippen LogP contribution in [0.25, 0.3) is 0 Å². The fourth-order valence-electron chi connectivity index (χ4n) is 2.94. The lowest BCUT2D eigenvalue weighted by molar-refractivity contribution is -0.143. The van der Waals surface area contributed by atoms with E-state index < -0.39 is 30.3 Å². The summed E-state index contributed by atoms with van der Waals surface area (Å²) in [4.78, 5) is 63.9. The third-order valence-corrected chi connectivity index (χ3v) is 4.64. The Morgan fingerprint density at radius 3 is 2.07 bits per heavy atom. The van der Waals surface area contributed by atoms with Gasteiger partial charge < -0.3 is 10.2 Å². The molecule has 2 rings (SSSR count). The molecule has 1 aliphatic heterocycles. The van der Waals surface area contributed by atoms with Gasteiger partial charge in [-0.1, -0.05) is 13.3 Å². The molecule has 0 saturated carbocycles. The molecular weight excluding hydrogens is 376 g/mol. The summed E-state index contributed by atoms with van der Waals surface area (Å²) in [5, 5.41) is 2.57. The van der Waals surface area contributed by atoms with Crippen LogP contribution in [0.1, 0.15) is 44.0 Å². The molecule has 9 nitrogen and oxygen atoms in total. The first-order valence-corrected chi connectivity index (χ1v) is 9.70. The fourth-order valence-corrected chi connectivity index (χ4v) is 2.94. The molecule has 1 fully saturated rings. The number of nitrogens with zero attached hydrogens (tertiary/aromatic N) is 3. The van der Waals surface area contributed by atoms with Crippen molar-refractivity contribution in [2.75, 3.05) is 31.5 Å². The number of urea groups is 1. The van der Waals surface area contributed by atoms with Crippen LogP contribution in [0.2, 0.25) is 0 Å². The van der Waals surface area contributed by atoms with Crippen LogP contribution in [0, 0.1) is 0 Å². The zero-order valence-corrected chi connectivity index (χ0v) is 16.9. The van der Waals surface area contributed by atoms with Gasteiger partial charge in [-0.15, -0.1) is 0 Å². The highest BCUT2D eigenvalue weighted by molar-refractivity contribution is 6.45. The van der Waals surface area contributed by atoms with Crippen molar-refractivity contribution in [2.45, 2.75) is 33.6 Å². The molecule has 1 heterocycles. The summed E-state index contributed by atoms with van der Waals surface area (Å²) in [5.74, 6) is -2.62. The Balaban J connectivity index is 1.99. The summed E-state index contributed by atoms with van der Waals surface area (Å²) >= 11 is 0. The molecule has 9 heteroatoms. The molecule has 156 valence electrons. The molecule has 0 radical (unpaired) electrons. The lowest BCUT2D eigenvalue weighted by atomic mass is 10.1. The Labute approximate surface area is 169 Å². The van der Waals surface area contributed by atoms with Crippen LogP contribution < -0.4 is 5.32 Å². The minimum absolute atomic E-state index is 0.105. The number of unbranched alkanes of at least 4 members (excludes halogenated alkanes) is 1. The van der Waals surface area contributed by atoms with Gasteiger partial charge in [-0.25, -0.2) is 9.69 Å². The standard InChI is InChI=1S/C20H26N4O5/c1-4-7-12-23-18(27)19(28)24(20(23)29)13-16(25)21-15-10-8-14(9-11-15)17(26)22(5-2)6-3/h8-11H,4-7,12-13H2,1-3H3,(H,21,25). The average Bonchev–Trinajstić information content (AvgIpc) is 2.91. The van der Waals surface area contributed by atoms with Gasteiger partial charge >= 0.3 is 17.8 Å². The van der Waals surface area contributed by atoms with Crippen molar-refractivity contribution in [1.29, 1.82) is 0 Å². The lowest BCUT2D eigenvalue weighted by Gasteiger charge is -2.18. The first-order valence-electron chi connectivity index (χ1n) is 9.70. The Kier molecular flexibility index (Phi) is 7.46. The number of carbonyl (C=O) groups excluding carboxylic acids is 5. The molecule has 0 unspecified atom stereocenters. The van der Waals surface area contributed by atoms with Gasteiger partial charge in [-0.3, -0.25) is 24.1 Å². The van der Waals surface area contributed by atoms with Gasteiger partial charge in [0.05, 0.1) is 0 Å². The van der Waals surface area contributed by atoms with E-state index in [1.807, 2.05) is 20.8 Å². The monoisotopic (exact) mass is 402 g/mol. The van der Waals surface area contributed by atoms with Gasteiger partial charge in [0.2, 0.25) is 5.91 Å². The molecule has 0 aliphatic carbocycles. The number of carbonyl (C=O) groups is 5. The second kappa shape index (κ2) is 9.81. The van der Waals surface area contributed by atoms with Gasteiger partial charge in [0, 0.05) is 30.9 Å². The molecule has 1 aromatic carbocycles. The summed E-state index contributed by atoms with van der Waals surface area (Å²) < 4.78 is 0. The zero-order chi connectivity index (χ0) is 21.6. The van der Waals surface area contributed by atoms with Crippen LogP contribution in [0.5, 0.6) is 0 Å². The van der Waals surface area contributed by atoms with Crippen molar-refractivity contribution in [3.63, 3.8) is 0 Å². The number of anilines is 1. The highest BCUT2D eigenvalue weighted by Gasteiger charge is 2.44. The fraction of sp³-hybridized carbons (Fsp3) is 0.450. The first kappa shape index (κ1) is 22.1. The molecule has 0 spiro atoms. The average molecular weight is 402 g/mol. The molecule has 1 saturated heterocycles. The van der Waals surface area contributed by atoms with Crippen molar-refractivity contribution >= 4 is 35.3 Å². The number of amides is 6. The Hall–Kier alpha value is -3.23. The topological polar surface area (TPSA) is 107 Å². The highest BCUT2D eigenvalue weighted by Crippen LogP contribution is 2.15. The normalized spacial score (nSPS) is 13.8. The van der Waals surface area contributed by atoms with Crippen LogP contribution in [-0.4, -0.2) is 70.5 Å². The predicted octanol–water partition coefficient (Wildman–Crippen LogP) is 1.70. The van der Waals surface area contributed by atoms with E-state index in [0.29, 0.717) is 35.7 Å². The molecule has 1 aliphatic rings. The number of hydrogen-bond acceptors (Lipinski definition) is 5. The minimum atomic E-state index is -0.999. The second-order valence-electron chi connectivity index (χ2n) is 6.59. The van der Waals surface area contributed by atoms with Gasteiger partial charge in [0.1, 0.15) is 6.54 Å². The summed E-state index contributed by atoms with van der Waals surface area (Å²) in [5.41, 5.74) is 0.910. The van der Waals surface area contributed by atoms with Crippen molar-refractivity contribution in [2.24, 2.45) is 0 Å². The lowest BCUT2D eigenvalue weighted by Crippen LogP contribution is -2.39. The Morgan fingerprint density at radius 2 is 1.52 bits per heavy atom. The van der Waals surface area contributed by atoms with Crippen molar-refractivity contribution in [1.82, 2.24) is 14.7 Å². The molecule has 0 bridgehead atoms. The maximum atomic E-state index is 12.3. The number of hydrogen-bond donors (Lipinski definition) is 1. The molecule has 6 amide bonds. The largest absolute Gasteiger partial charge is 0.339 e. The van der Waals surface area contributed by atoms with E-state index in [4.69, 9.17) is 0 Å². The smallest absolute Gasteiger partial charge is 0.334 e. The van der Waals surface area contributed by atoms with E-state index in [1.165, 1.54) is 0 Å². The van der Waals surface area contributed by atoms with Crippen LogP contribution in [0.15, 0.2) is 24.3 Å². The quantitative estimate of drug-likeness (QED) is 0.500. The van der Waals surface area contributed by atoms with E-state index in [2.05, 4.69) is 5.32 Å². The van der Waals surface area contributed by atoms with Crippen LogP contribution in [0.4, 0.5) is 10.5 Å². The zero-order valence-electron chi connectivity index (χ0n) is 16.9. The Bertz CT molecular complexity index is 802. The Morgan fingerprint density at radius 1 is 0.931 bits per heavy atom. The molecule has 1 N–H and O–H groups in total. The maximum absolute atomic E-state index is 12.3. The maximum Gasteiger partial charge on any atom is 0.334 e. The second-order valence-corrected chi connectivity index (χ2v) is 6.59. The summed E-state index contributed by atoms with van der Waals surface area (Å²) in [6.07, 6.45) is 1.35. The van der Waals surface area contributed by atoms with Crippen LogP contribution >= 0.6 is 0 Å². The van der Waals surface area contributed by atoms with E-state index in [1.54, 1.807) is 29.2 Å². The van der Waals surface area contributed by atoms with E-state index >= 15 is 0 Å².